The van der Waals surface area contributed by atoms with E-state index >= 15 is 0 Å². The van der Waals surface area contributed by atoms with Gasteiger partial charge >= 0.3 is 6.73 Å². The fraction of sp³-hybridized carbons (Fsp3) is 0.156. The van der Waals surface area contributed by atoms with Crippen molar-refractivity contribution in [3.63, 3.8) is 0 Å². The van der Waals surface area contributed by atoms with Crippen molar-refractivity contribution >= 4 is 10.9 Å². The first-order valence-corrected chi connectivity index (χ1v) is 12.0. The average molecular weight is 473 g/mol. The molecule has 0 unspecified atom stereocenters. The SMILES string of the molecule is [C-]#[N+]COc1ccc(Cn2c(-c3ccc(OCc4ccccc4)cc3)c(C)c3cc(C)ccc32)cc1. The normalized spacial score (nSPS) is 10.8. The van der Waals surface area contributed by atoms with Gasteiger partial charge in [-0.05, 0) is 84.6 Å². The van der Waals surface area contributed by atoms with Crippen molar-refractivity contribution in [1.82, 2.24) is 4.57 Å². The maximum absolute atomic E-state index is 6.91. The van der Waals surface area contributed by atoms with Crippen LogP contribution in [0.15, 0.2) is 97.1 Å². The third-order valence-corrected chi connectivity index (χ3v) is 6.41. The minimum atomic E-state index is 0.0370. The van der Waals surface area contributed by atoms with Gasteiger partial charge in [0.2, 0.25) is 0 Å². The Morgan fingerprint density at radius 2 is 1.44 bits per heavy atom. The number of hydrogen-bond donors (Lipinski definition) is 0. The van der Waals surface area contributed by atoms with Gasteiger partial charge in [0.25, 0.3) is 0 Å². The van der Waals surface area contributed by atoms with Gasteiger partial charge < -0.3 is 14.0 Å². The molecular formula is C32H28N2O2. The topological polar surface area (TPSA) is 27.8 Å². The summed E-state index contributed by atoms with van der Waals surface area (Å²) in [6.07, 6.45) is 0. The molecule has 1 heterocycles. The predicted molar refractivity (Wildman–Crippen MR) is 145 cm³/mol. The molecule has 4 nitrogen and oxygen atoms in total. The highest BCUT2D eigenvalue weighted by Crippen LogP contribution is 2.35. The van der Waals surface area contributed by atoms with Crippen LogP contribution in [0.3, 0.4) is 0 Å². The van der Waals surface area contributed by atoms with Crippen LogP contribution in [0.5, 0.6) is 11.5 Å². The van der Waals surface area contributed by atoms with Crippen LogP contribution >= 0.6 is 0 Å². The number of rotatable bonds is 8. The van der Waals surface area contributed by atoms with E-state index in [0.29, 0.717) is 12.4 Å². The number of aryl methyl sites for hydroxylation is 2. The molecule has 36 heavy (non-hydrogen) atoms. The zero-order chi connectivity index (χ0) is 24.9. The van der Waals surface area contributed by atoms with Crippen molar-refractivity contribution in [3.05, 3.63) is 131 Å². The largest absolute Gasteiger partial charge is 0.489 e. The van der Waals surface area contributed by atoms with Crippen LogP contribution < -0.4 is 9.47 Å². The van der Waals surface area contributed by atoms with Gasteiger partial charge in [-0.1, -0.05) is 54.1 Å². The minimum Gasteiger partial charge on any atom is -0.489 e. The van der Waals surface area contributed by atoms with Crippen molar-refractivity contribution < 1.29 is 9.47 Å². The van der Waals surface area contributed by atoms with Gasteiger partial charge in [-0.15, -0.1) is 0 Å². The second-order valence-electron chi connectivity index (χ2n) is 8.95. The Balaban J connectivity index is 1.47. The highest BCUT2D eigenvalue weighted by atomic mass is 16.5. The summed E-state index contributed by atoms with van der Waals surface area (Å²) in [7, 11) is 0. The van der Waals surface area contributed by atoms with Crippen molar-refractivity contribution in [2.24, 2.45) is 0 Å². The van der Waals surface area contributed by atoms with Crippen LogP contribution in [0.4, 0.5) is 0 Å². The Bertz CT molecular complexity index is 1510. The summed E-state index contributed by atoms with van der Waals surface area (Å²) in [5, 5.41) is 1.27. The van der Waals surface area contributed by atoms with E-state index in [9.17, 15) is 0 Å². The lowest BCUT2D eigenvalue weighted by atomic mass is 10.1. The lowest BCUT2D eigenvalue weighted by Gasteiger charge is -2.14. The molecule has 5 aromatic rings. The molecule has 0 saturated carbocycles. The first-order valence-electron chi connectivity index (χ1n) is 12.0. The zero-order valence-electron chi connectivity index (χ0n) is 20.6. The van der Waals surface area contributed by atoms with Gasteiger partial charge in [-0.25, -0.2) is 6.57 Å². The third-order valence-electron chi connectivity index (χ3n) is 6.41. The molecule has 0 fully saturated rings. The van der Waals surface area contributed by atoms with E-state index < -0.39 is 0 Å². The smallest absolute Gasteiger partial charge is 0.357 e. The second kappa shape index (κ2) is 10.4. The molecule has 0 aliphatic heterocycles. The van der Waals surface area contributed by atoms with Gasteiger partial charge in [-0.2, -0.15) is 0 Å². The third kappa shape index (κ3) is 4.96. The molecule has 0 aliphatic rings. The van der Waals surface area contributed by atoms with Crippen LogP contribution in [0.25, 0.3) is 27.0 Å². The maximum Gasteiger partial charge on any atom is 0.357 e. The second-order valence-corrected chi connectivity index (χ2v) is 8.95. The van der Waals surface area contributed by atoms with Crippen molar-refractivity contribution in [3.8, 4) is 22.8 Å². The molecule has 0 aliphatic carbocycles. The van der Waals surface area contributed by atoms with Gasteiger partial charge in [0, 0.05) is 17.4 Å². The molecule has 0 N–H and O–H groups in total. The van der Waals surface area contributed by atoms with E-state index in [4.69, 9.17) is 16.0 Å². The highest BCUT2D eigenvalue weighted by molar-refractivity contribution is 5.92. The van der Waals surface area contributed by atoms with E-state index in [-0.39, 0.29) is 6.73 Å². The quantitative estimate of drug-likeness (QED) is 0.215. The summed E-state index contributed by atoms with van der Waals surface area (Å²) < 4.78 is 13.8. The van der Waals surface area contributed by atoms with Crippen molar-refractivity contribution in [2.75, 3.05) is 6.73 Å². The lowest BCUT2D eigenvalue weighted by Crippen LogP contribution is -2.03. The Labute approximate surface area is 212 Å². The lowest BCUT2D eigenvalue weighted by molar-refractivity contribution is 0.306. The average Bonchev–Trinajstić information content (AvgIpc) is 3.18. The van der Waals surface area contributed by atoms with Gasteiger partial charge in [-0.3, -0.25) is 4.85 Å². The molecule has 4 heteroatoms. The first kappa shape index (κ1) is 23.3. The van der Waals surface area contributed by atoms with E-state index in [1.165, 1.54) is 33.3 Å². The highest BCUT2D eigenvalue weighted by Gasteiger charge is 2.16. The summed E-state index contributed by atoms with van der Waals surface area (Å²) in [5.41, 5.74) is 8.42. The summed E-state index contributed by atoms with van der Waals surface area (Å²) in [6, 6.07) is 33.3. The number of hydrogen-bond acceptors (Lipinski definition) is 2. The number of aromatic nitrogens is 1. The number of ether oxygens (including phenoxy) is 2. The van der Waals surface area contributed by atoms with E-state index in [1.54, 1.807) is 0 Å². The van der Waals surface area contributed by atoms with Gasteiger partial charge in [0.05, 0.1) is 5.69 Å². The fourth-order valence-electron chi connectivity index (χ4n) is 4.60. The van der Waals surface area contributed by atoms with Gasteiger partial charge in [0.15, 0.2) is 0 Å². The van der Waals surface area contributed by atoms with Crippen molar-refractivity contribution in [2.45, 2.75) is 27.0 Å². The van der Waals surface area contributed by atoms with Crippen LogP contribution in [0, 0.1) is 20.4 Å². The van der Waals surface area contributed by atoms with Crippen molar-refractivity contribution in [1.29, 1.82) is 0 Å². The Morgan fingerprint density at radius 1 is 0.750 bits per heavy atom. The van der Waals surface area contributed by atoms with Crippen LogP contribution in [0.2, 0.25) is 0 Å². The van der Waals surface area contributed by atoms with E-state index in [2.05, 4.69) is 90.0 Å². The Kier molecular flexibility index (Phi) is 6.73. The zero-order valence-corrected chi connectivity index (χ0v) is 20.6. The van der Waals surface area contributed by atoms with E-state index in [1.807, 2.05) is 30.3 Å². The molecule has 0 spiro atoms. The summed E-state index contributed by atoms with van der Waals surface area (Å²) in [4.78, 5) is 3.26. The molecule has 0 bridgehead atoms. The Hall–Kier alpha value is -4.49. The molecule has 178 valence electrons. The molecule has 0 atom stereocenters. The molecule has 0 saturated heterocycles. The fourth-order valence-corrected chi connectivity index (χ4v) is 4.60. The molecule has 0 radical (unpaired) electrons. The predicted octanol–water partition coefficient (Wildman–Crippen LogP) is 7.81. The summed E-state index contributed by atoms with van der Waals surface area (Å²) in [6.45, 7) is 12.6. The van der Waals surface area contributed by atoms with E-state index in [0.717, 1.165) is 23.4 Å². The molecule has 1 aromatic heterocycles. The maximum atomic E-state index is 6.91. The first-order chi connectivity index (χ1) is 17.6. The summed E-state index contributed by atoms with van der Waals surface area (Å²) in [5.74, 6) is 1.57. The molecular weight excluding hydrogens is 444 g/mol. The Morgan fingerprint density at radius 3 is 2.17 bits per heavy atom. The minimum absolute atomic E-state index is 0.0370. The van der Waals surface area contributed by atoms with Crippen LogP contribution in [0.1, 0.15) is 22.3 Å². The molecule has 0 amide bonds. The number of fused-ring (bicyclic) bond motifs is 1. The monoisotopic (exact) mass is 472 g/mol. The number of benzene rings is 4. The van der Waals surface area contributed by atoms with Crippen LogP contribution in [-0.4, -0.2) is 11.3 Å². The molecule has 5 rings (SSSR count). The van der Waals surface area contributed by atoms with Gasteiger partial charge in [0.1, 0.15) is 18.1 Å². The molecule has 4 aromatic carbocycles. The number of nitrogens with zero attached hydrogens (tertiary/aromatic N) is 2. The standard InChI is InChI=1S/C32H28N2O2/c1-23-9-18-31-30(19-23)24(2)32(34(31)20-25-10-14-29(15-11-25)36-22-33-3)27-12-16-28(17-13-27)35-21-26-7-5-4-6-8-26/h4-19H,20-22H2,1-2H3. The summed E-state index contributed by atoms with van der Waals surface area (Å²) >= 11 is 0. The van der Waals surface area contributed by atoms with Crippen LogP contribution in [-0.2, 0) is 13.2 Å².